The molecule has 1 aromatic carbocycles. The fourth-order valence-electron chi connectivity index (χ4n) is 2.16. The number of benzene rings is 1. The van der Waals surface area contributed by atoms with Crippen LogP contribution >= 0.6 is 23.7 Å². The van der Waals surface area contributed by atoms with Gasteiger partial charge >= 0.3 is 0 Å². The van der Waals surface area contributed by atoms with Crippen LogP contribution in [-0.2, 0) is 0 Å². The Morgan fingerprint density at radius 3 is 2.71 bits per heavy atom. The Kier molecular flexibility index (Phi) is 5.27. The number of nitrogens with one attached hydrogen (secondary N) is 1. The molecule has 0 atom stereocenters. The van der Waals surface area contributed by atoms with Gasteiger partial charge in [0.1, 0.15) is 15.7 Å². The van der Waals surface area contributed by atoms with Crippen LogP contribution in [-0.4, -0.2) is 42.0 Å². The molecule has 0 spiro atoms. The molecule has 2 aromatic rings. The van der Waals surface area contributed by atoms with Crippen molar-refractivity contribution in [2.75, 3.05) is 26.2 Å². The molecule has 1 aliphatic rings. The molecule has 0 radical (unpaired) electrons. The van der Waals surface area contributed by atoms with Gasteiger partial charge in [-0.15, -0.1) is 23.7 Å². The van der Waals surface area contributed by atoms with Crippen molar-refractivity contribution in [3.63, 3.8) is 0 Å². The predicted octanol–water partition coefficient (Wildman–Crippen LogP) is 2.42. The highest BCUT2D eigenvalue weighted by atomic mass is 35.5. The predicted molar refractivity (Wildman–Crippen MR) is 83.5 cm³/mol. The number of piperazine rings is 1. The van der Waals surface area contributed by atoms with E-state index in [-0.39, 0.29) is 24.1 Å². The van der Waals surface area contributed by atoms with E-state index in [1.165, 1.54) is 23.6 Å². The van der Waals surface area contributed by atoms with Crippen LogP contribution in [0.15, 0.2) is 30.5 Å². The van der Waals surface area contributed by atoms with E-state index < -0.39 is 0 Å². The number of hydrogen-bond donors (Lipinski definition) is 1. The van der Waals surface area contributed by atoms with Gasteiger partial charge in [0.25, 0.3) is 5.91 Å². The molecule has 0 aliphatic carbocycles. The minimum atomic E-state index is -0.317. The lowest BCUT2D eigenvalue weighted by Gasteiger charge is -2.26. The molecule has 1 N–H and O–H groups in total. The molecule has 21 heavy (non-hydrogen) atoms. The van der Waals surface area contributed by atoms with Gasteiger partial charge in [0.15, 0.2) is 0 Å². The molecule has 1 fully saturated rings. The van der Waals surface area contributed by atoms with Crippen molar-refractivity contribution in [1.29, 1.82) is 0 Å². The maximum atomic E-state index is 13.7. The van der Waals surface area contributed by atoms with Crippen LogP contribution in [0, 0.1) is 5.82 Å². The first-order valence-electron chi connectivity index (χ1n) is 6.46. The number of carbonyl (C=O) groups is 1. The fraction of sp³-hybridized carbons (Fsp3) is 0.286. The van der Waals surface area contributed by atoms with Crippen molar-refractivity contribution in [2.24, 2.45) is 0 Å². The maximum absolute atomic E-state index is 13.7. The summed E-state index contributed by atoms with van der Waals surface area (Å²) in [5.74, 6) is -0.338. The van der Waals surface area contributed by atoms with Crippen molar-refractivity contribution in [1.82, 2.24) is 15.2 Å². The van der Waals surface area contributed by atoms with Gasteiger partial charge in [-0.1, -0.05) is 12.1 Å². The fourth-order valence-corrected chi connectivity index (χ4v) is 3.07. The average molecular weight is 328 g/mol. The van der Waals surface area contributed by atoms with E-state index in [0.29, 0.717) is 28.5 Å². The molecule has 0 bridgehead atoms. The third-order valence-corrected chi connectivity index (χ3v) is 4.24. The molecular weight excluding hydrogens is 313 g/mol. The summed E-state index contributed by atoms with van der Waals surface area (Å²) in [5.41, 5.74) is 0.442. The van der Waals surface area contributed by atoms with E-state index >= 15 is 0 Å². The first-order valence-corrected chi connectivity index (χ1v) is 7.28. The van der Waals surface area contributed by atoms with Gasteiger partial charge in [0.05, 0.1) is 6.20 Å². The Labute approximate surface area is 132 Å². The highest BCUT2D eigenvalue weighted by Gasteiger charge is 2.21. The summed E-state index contributed by atoms with van der Waals surface area (Å²) in [6, 6.07) is 6.47. The molecule has 1 aromatic heterocycles. The minimum Gasteiger partial charge on any atom is -0.335 e. The SMILES string of the molecule is Cl.O=C(c1cnc(-c2ccccc2F)s1)N1CCNCC1. The highest BCUT2D eigenvalue weighted by Crippen LogP contribution is 2.27. The molecule has 1 amide bonds. The van der Waals surface area contributed by atoms with Crippen LogP contribution in [0.2, 0.25) is 0 Å². The Morgan fingerprint density at radius 1 is 1.29 bits per heavy atom. The second kappa shape index (κ2) is 6.98. The van der Waals surface area contributed by atoms with Crippen LogP contribution in [0.3, 0.4) is 0 Å². The zero-order valence-electron chi connectivity index (χ0n) is 11.2. The number of hydrogen-bond acceptors (Lipinski definition) is 4. The lowest BCUT2D eigenvalue weighted by Crippen LogP contribution is -2.46. The van der Waals surface area contributed by atoms with Crippen molar-refractivity contribution in [3.8, 4) is 10.6 Å². The van der Waals surface area contributed by atoms with Gasteiger partial charge in [0.2, 0.25) is 0 Å². The van der Waals surface area contributed by atoms with Crippen molar-refractivity contribution in [3.05, 3.63) is 41.2 Å². The maximum Gasteiger partial charge on any atom is 0.265 e. The van der Waals surface area contributed by atoms with E-state index in [1.807, 2.05) is 0 Å². The second-order valence-electron chi connectivity index (χ2n) is 4.55. The standard InChI is InChI=1S/C14H14FN3OS.ClH/c15-11-4-2-1-3-10(11)13-17-9-12(20-13)14(19)18-7-5-16-6-8-18;/h1-4,9,16H,5-8H2;1H. The number of thiazole rings is 1. The minimum absolute atomic E-state index is 0. The highest BCUT2D eigenvalue weighted by molar-refractivity contribution is 7.16. The molecule has 4 nitrogen and oxygen atoms in total. The molecular formula is C14H15ClFN3OS. The summed E-state index contributed by atoms with van der Waals surface area (Å²) in [7, 11) is 0. The number of aromatic nitrogens is 1. The van der Waals surface area contributed by atoms with Crippen molar-refractivity contribution in [2.45, 2.75) is 0 Å². The summed E-state index contributed by atoms with van der Waals surface area (Å²) in [4.78, 5) is 18.8. The summed E-state index contributed by atoms with van der Waals surface area (Å²) in [6.07, 6.45) is 1.54. The average Bonchev–Trinajstić information content (AvgIpc) is 2.97. The van der Waals surface area contributed by atoms with Gasteiger partial charge in [-0.2, -0.15) is 0 Å². The van der Waals surface area contributed by atoms with Gasteiger partial charge < -0.3 is 10.2 Å². The molecule has 0 saturated carbocycles. The largest absolute Gasteiger partial charge is 0.335 e. The molecule has 112 valence electrons. The third-order valence-electron chi connectivity index (χ3n) is 3.22. The Balaban J connectivity index is 0.00000161. The Morgan fingerprint density at radius 2 is 2.00 bits per heavy atom. The smallest absolute Gasteiger partial charge is 0.265 e. The quantitative estimate of drug-likeness (QED) is 0.921. The van der Waals surface area contributed by atoms with Crippen molar-refractivity contribution < 1.29 is 9.18 Å². The zero-order chi connectivity index (χ0) is 13.9. The van der Waals surface area contributed by atoms with E-state index in [1.54, 1.807) is 23.1 Å². The van der Waals surface area contributed by atoms with Crippen LogP contribution in [0.1, 0.15) is 9.67 Å². The first-order chi connectivity index (χ1) is 9.75. The number of nitrogens with zero attached hydrogens (tertiary/aromatic N) is 2. The Bertz CT molecular complexity index is 628. The molecule has 1 saturated heterocycles. The molecule has 7 heteroatoms. The second-order valence-corrected chi connectivity index (χ2v) is 5.58. The molecule has 0 unspecified atom stereocenters. The zero-order valence-corrected chi connectivity index (χ0v) is 12.8. The van der Waals surface area contributed by atoms with Gasteiger partial charge in [-0.25, -0.2) is 9.37 Å². The van der Waals surface area contributed by atoms with E-state index in [2.05, 4.69) is 10.3 Å². The molecule has 3 rings (SSSR count). The lowest BCUT2D eigenvalue weighted by atomic mass is 10.2. The van der Waals surface area contributed by atoms with E-state index in [0.717, 1.165) is 13.1 Å². The number of rotatable bonds is 2. The third kappa shape index (κ3) is 3.40. The van der Waals surface area contributed by atoms with E-state index in [9.17, 15) is 9.18 Å². The summed E-state index contributed by atoms with van der Waals surface area (Å²) < 4.78 is 13.7. The first kappa shape index (κ1) is 15.9. The van der Waals surface area contributed by atoms with Crippen LogP contribution in [0.5, 0.6) is 0 Å². The summed E-state index contributed by atoms with van der Waals surface area (Å²) in [6.45, 7) is 3.02. The molecule has 2 heterocycles. The van der Waals surface area contributed by atoms with E-state index in [4.69, 9.17) is 0 Å². The Hall–Kier alpha value is -1.50. The lowest BCUT2D eigenvalue weighted by molar-refractivity contribution is 0.0740. The van der Waals surface area contributed by atoms with Crippen molar-refractivity contribution >= 4 is 29.7 Å². The van der Waals surface area contributed by atoms with Gasteiger partial charge in [0, 0.05) is 31.7 Å². The normalized spacial score (nSPS) is 14.6. The molecule has 1 aliphatic heterocycles. The topological polar surface area (TPSA) is 45.2 Å². The number of amides is 1. The van der Waals surface area contributed by atoms with Crippen LogP contribution in [0.25, 0.3) is 10.6 Å². The van der Waals surface area contributed by atoms with Crippen LogP contribution in [0.4, 0.5) is 4.39 Å². The van der Waals surface area contributed by atoms with Gasteiger partial charge in [-0.05, 0) is 12.1 Å². The number of carbonyl (C=O) groups excluding carboxylic acids is 1. The monoisotopic (exact) mass is 327 g/mol. The van der Waals surface area contributed by atoms with Gasteiger partial charge in [-0.3, -0.25) is 4.79 Å². The van der Waals surface area contributed by atoms with Crippen LogP contribution < -0.4 is 5.32 Å². The summed E-state index contributed by atoms with van der Waals surface area (Å²) >= 11 is 1.24. The summed E-state index contributed by atoms with van der Waals surface area (Å²) in [5, 5.41) is 3.75. The number of halogens is 2.